The lowest BCUT2D eigenvalue weighted by molar-refractivity contribution is -0.147. The average molecular weight is 351 g/mol. The molecule has 5 heteroatoms. The molecule has 2 saturated carbocycles. The number of carboxylic acids is 2. The van der Waals surface area contributed by atoms with E-state index >= 15 is 0 Å². The molecule has 0 amide bonds. The summed E-state index contributed by atoms with van der Waals surface area (Å²) < 4.78 is 0. The van der Waals surface area contributed by atoms with Gasteiger partial charge in [-0.3, -0.25) is 9.59 Å². The van der Waals surface area contributed by atoms with Gasteiger partial charge in [-0.15, -0.1) is 0 Å². The van der Waals surface area contributed by atoms with Crippen LogP contribution in [0.2, 0.25) is 0 Å². The van der Waals surface area contributed by atoms with Crippen LogP contribution in [0.1, 0.15) is 12.0 Å². The first-order chi connectivity index (χ1) is 12.4. The zero-order valence-corrected chi connectivity index (χ0v) is 14.2. The number of fused-ring (bicyclic) bond motifs is 1. The highest BCUT2D eigenvalue weighted by atomic mass is 16.4. The van der Waals surface area contributed by atoms with Crippen molar-refractivity contribution < 1.29 is 19.8 Å². The van der Waals surface area contributed by atoms with E-state index in [-0.39, 0.29) is 11.8 Å². The monoisotopic (exact) mass is 351 g/mol. The van der Waals surface area contributed by atoms with E-state index < -0.39 is 29.3 Å². The average Bonchev–Trinajstić information content (AvgIpc) is 3.29. The third-order valence-corrected chi connectivity index (χ3v) is 6.15. The number of benzene rings is 2. The van der Waals surface area contributed by atoms with Crippen LogP contribution in [0, 0.1) is 23.7 Å². The number of carbonyl (C=O) groups is 2. The molecule has 4 N–H and O–H groups in total. The Labute approximate surface area is 151 Å². The van der Waals surface area contributed by atoms with E-state index in [2.05, 4.69) is 0 Å². The highest BCUT2D eigenvalue weighted by Crippen LogP contribution is 2.64. The van der Waals surface area contributed by atoms with Gasteiger partial charge in [0.1, 0.15) is 5.54 Å². The van der Waals surface area contributed by atoms with Crippen LogP contribution in [-0.4, -0.2) is 27.7 Å². The fraction of sp³-hybridized carbons (Fsp3) is 0.333. The molecule has 0 radical (unpaired) electrons. The Bertz CT molecular complexity index is 848. The zero-order valence-electron chi connectivity index (χ0n) is 14.2. The van der Waals surface area contributed by atoms with Gasteiger partial charge < -0.3 is 15.9 Å². The fourth-order valence-electron chi connectivity index (χ4n) is 4.77. The van der Waals surface area contributed by atoms with E-state index in [0.29, 0.717) is 12.8 Å². The van der Waals surface area contributed by atoms with Gasteiger partial charge in [0.05, 0.1) is 5.92 Å². The van der Waals surface area contributed by atoms with E-state index in [1.807, 2.05) is 54.6 Å². The van der Waals surface area contributed by atoms with Gasteiger partial charge >= 0.3 is 11.9 Å². The summed E-state index contributed by atoms with van der Waals surface area (Å²) in [4.78, 5) is 23.1. The molecule has 0 aliphatic heterocycles. The molecule has 26 heavy (non-hydrogen) atoms. The number of aliphatic carboxylic acids is 2. The largest absolute Gasteiger partial charge is 0.481 e. The van der Waals surface area contributed by atoms with Gasteiger partial charge in [-0.1, -0.05) is 54.6 Å². The van der Waals surface area contributed by atoms with Crippen molar-refractivity contribution in [3.63, 3.8) is 0 Å². The molecule has 2 aromatic rings. The van der Waals surface area contributed by atoms with Crippen LogP contribution in [0.3, 0.4) is 0 Å². The second-order valence-corrected chi connectivity index (χ2v) is 7.49. The van der Waals surface area contributed by atoms with Gasteiger partial charge in [-0.25, -0.2) is 0 Å². The lowest BCUT2D eigenvalue weighted by Gasteiger charge is -2.31. The maximum Gasteiger partial charge on any atom is 0.324 e. The van der Waals surface area contributed by atoms with Crippen LogP contribution < -0.4 is 5.73 Å². The second kappa shape index (κ2) is 5.95. The predicted molar refractivity (Wildman–Crippen MR) is 96.3 cm³/mol. The summed E-state index contributed by atoms with van der Waals surface area (Å²) in [6.45, 7) is 0. The summed E-state index contributed by atoms with van der Waals surface area (Å²) in [5.74, 6) is -3.42. The molecule has 2 aromatic carbocycles. The zero-order chi connectivity index (χ0) is 18.5. The van der Waals surface area contributed by atoms with E-state index in [9.17, 15) is 19.8 Å². The lowest BCUT2D eigenvalue weighted by Crippen LogP contribution is -2.55. The number of carboxylic acid groups (broad SMARTS) is 2. The normalized spacial score (nSPS) is 32.0. The lowest BCUT2D eigenvalue weighted by atomic mass is 9.78. The molecule has 0 saturated heterocycles. The van der Waals surface area contributed by atoms with E-state index in [1.54, 1.807) is 0 Å². The highest BCUT2D eigenvalue weighted by molar-refractivity contribution is 5.85. The Hall–Kier alpha value is -2.66. The fourth-order valence-corrected chi connectivity index (χ4v) is 4.77. The molecule has 134 valence electrons. The summed E-state index contributed by atoms with van der Waals surface area (Å²) in [6.07, 6.45) is 1.11. The maximum atomic E-state index is 11.9. The second-order valence-electron chi connectivity index (χ2n) is 7.49. The third-order valence-electron chi connectivity index (χ3n) is 6.15. The Balaban J connectivity index is 1.53. The highest BCUT2D eigenvalue weighted by Gasteiger charge is 2.73. The first-order valence-electron chi connectivity index (χ1n) is 8.82. The van der Waals surface area contributed by atoms with Gasteiger partial charge in [0, 0.05) is 5.92 Å². The Kier molecular flexibility index (Phi) is 3.84. The Morgan fingerprint density at radius 3 is 2.19 bits per heavy atom. The minimum Gasteiger partial charge on any atom is -0.481 e. The number of hydrogen-bond acceptors (Lipinski definition) is 3. The van der Waals surface area contributed by atoms with Crippen molar-refractivity contribution >= 4 is 11.9 Å². The summed E-state index contributed by atoms with van der Waals surface area (Å²) in [7, 11) is 0. The topological polar surface area (TPSA) is 101 Å². The van der Waals surface area contributed by atoms with Crippen molar-refractivity contribution in [3.05, 3.63) is 60.2 Å². The van der Waals surface area contributed by atoms with Crippen molar-refractivity contribution in [2.45, 2.75) is 18.4 Å². The Morgan fingerprint density at radius 1 is 1.00 bits per heavy atom. The molecular formula is C21H21NO4. The molecule has 5 unspecified atom stereocenters. The molecule has 2 aliphatic rings. The molecule has 0 spiro atoms. The SMILES string of the molecule is NC1(C(=O)O)C(Cc2ccc(-c3ccccc3)cc2)CC2C(C(=O)O)C21. The molecular weight excluding hydrogens is 330 g/mol. The summed E-state index contributed by atoms with van der Waals surface area (Å²) in [5.41, 5.74) is 8.07. The minimum atomic E-state index is -1.45. The predicted octanol–water partition coefficient (Wildman–Crippen LogP) is 2.64. The summed E-state index contributed by atoms with van der Waals surface area (Å²) in [5, 5.41) is 18.9. The number of hydrogen-bond donors (Lipinski definition) is 3. The molecule has 0 heterocycles. The van der Waals surface area contributed by atoms with Gasteiger partial charge in [-0.05, 0) is 41.4 Å². The molecule has 2 aliphatic carbocycles. The van der Waals surface area contributed by atoms with E-state index in [0.717, 1.165) is 16.7 Å². The van der Waals surface area contributed by atoms with Crippen molar-refractivity contribution in [1.82, 2.24) is 0 Å². The minimum absolute atomic E-state index is 0.109. The third kappa shape index (κ3) is 2.51. The molecule has 5 nitrogen and oxygen atoms in total. The smallest absolute Gasteiger partial charge is 0.324 e. The maximum absolute atomic E-state index is 11.9. The number of nitrogens with two attached hydrogens (primary N) is 1. The summed E-state index contributed by atoms with van der Waals surface area (Å²) in [6, 6.07) is 18.1. The van der Waals surface area contributed by atoms with Crippen LogP contribution in [0.15, 0.2) is 54.6 Å². The van der Waals surface area contributed by atoms with Crippen molar-refractivity contribution in [3.8, 4) is 11.1 Å². The quantitative estimate of drug-likeness (QED) is 0.769. The number of rotatable bonds is 5. The molecule has 0 aromatic heterocycles. The van der Waals surface area contributed by atoms with Gasteiger partial charge in [0.15, 0.2) is 0 Å². The standard InChI is InChI=1S/C21H21NO4/c22-21(20(25)26)15(11-16-17(18(16)21)19(23)24)10-12-6-8-14(9-7-12)13-4-2-1-3-5-13/h1-9,15-18H,10-11,22H2,(H,23,24)(H,25,26). The molecule has 5 atom stereocenters. The van der Waals surface area contributed by atoms with Crippen molar-refractivity contribution in [2.75, 3.05) is 0 Å². The first-order valence-corrected chi connectivity index (χ1v) is 8.82. The van der Waals surface area contributed by atoms with Crippen LogP contribution in [0.5, 0.6) is 0 Å². The Morgan fingerprint density at radius 2 is 1.62 bits per heavy atom. The van der Waals surface area contributed by atoms with Crippen LogP contribution in [0.25, 0.3) is 11.1 Å². The van der Waals surface area contributed by atoms with Crippen molar-refractivity contribution in [2.24, 2.45) is 29.4 Å². The first kappa shape index (κ1) is 16.8. The van der Waals surface area contributed by atoms with Gasteiger partial charge in [-0.2, -0.15) is 0 Å². The van der Waals surface area contributed by atoms with E-state index in [1.165, 1.54) is 0 Å². The molecule has 2 fully saturated rings. The van der Waals surface area contributed by atoms with Crippen molar-refractivity contribution in [1.29, 1.82) is 0 Å². The van der Waals surface area contributed by atoms with E-state index in [4.69, 9.17) is 5.73 Å². The molecule has 4 rings (SSSR count). The summed E-state index contributed by atoms with van der Waals surface area (Å²) >= 11 is 0. The van der Waals surface area contributed by atoms with Crippen LogP contribution in [-0.2, 0) is 16.0 Å². The van der Waals surface area contributed by atoms with Crippen LogP contribution in [0.4, 0.5) is 0 Å². The molecule has 0 bridgehead atoms. The van der Waals surface area contributed by atoms with Gasteiger partial charge in [0.25, 0.3) is 0 Å². The van der Waals surface area contributed by atoms with Gasteiger partial charge in [0.2, 0.25) is 0 Å². The van der Waals surface area contributed by atoms with Crippen LogP contribution >= 0.6 is 0 Å².